The van der Waals surface area contributed by atoms with Gasteiger partial charge in [0.2, 0.25) is 0 Å². The minimum Gasteiger partial charge on any atom is -0.352 e. The molecule has 0 aliphatic carbocycles. The van der Waals surface area contributed by atoms with Crippen LogP contribution >= 0.6 is 0 Å². The van der Waals surface area contributed by atoms with Crippen LogP contribution in [0.3, 0.4) is 0 Å². The lowest BCUT2D eigenvalue weighted by Crippen LogP contribution is -2.28. The molecule has 0 radical (unpaired) electrons. The number of amides is 1. The first kappa shape index (κ1) is 21.7. The highest BCUT2D eigenvalue weighted by Crippen LogP contribution is 2.31. The fraction of sp³-hybridized carbons (Fsp3) is 0.316. The lowest BCUT2D eigenvalue weighted by Gasteiger charge is -2.13. The third-order valence-electron chi connectivity index (χ3n) is 3.88. The molecular formula is C19H21F3N2O3S. The SMILES string of the molecule is Cc1ccc(S(=O)(=O)Nc2cccc(C(F)(F)F)c2)cc1C(=O)NCC(C)C. The highest BCUT2D eigenvalue weighted by Gasteiger charge is 2.30. The number of nitrogens with one attached hydrogen (secondary N) is 2. The van der Waals surface area contributed by atoms with E-state index >= 15 is 0 Å². The number of hydrogen-bond acceptors (Lipinski definition) is 3. The molecule has 0 aromatic heterocycles. The Hall–Kier alpha value is -2.55. The summed E-state index contributed by atoms with van der Waals surface area (Å²) in [5.74, 6) is -0.193. The molecule has 0 spiro atoms. The van der Waals surface area contributed by atoms with Gasteiger partial charge in [-0.25, -0.2) is 8.42 Å². The fourth-order valence-electron chi connectivity index (χ4n) is 2.38. The second-order valence-corrected chi connectivity index (χ2v) is 8.45. The van der Waals surface area contributed by atoms with Crippen LogP contribution in [0, 0.1) is 12.8 Å². The van der Waals surface area contributed by atoms with Gasteiger partial charge in [-0.1, -0.05) is 26.0 Å². The quantitative estimate of drug-likeness (QED) is 0.744. The van der Waals surface area contributed by atoms with Gasteiger partial charge < -0.3 is 5.32 Å². The van der Waals surface area contributed by atoms with Gasteiger partial charge in [0.1, 0.15) is 0 Å². The van der Waals surface area contributed by atoms with Crippen molar-refractivity contribution in [2.45, 2.75) is 31.8 Å². The molecule has 0 atom stereocenters. The van der Waals surface area contributed by atoms with Gasteiger partial charge in [-0.3, -0.25) is 9.52 Å². The van der Waals surface area contributed by atoms with E-state index in [4.69, 9.17) is 0 Å². The van der Waals surface area contributed by atoms with E-state index in [0.717, 1.165) is 12.1 Å². The molecule has 0 bridgehead atoms. The van der Waals surface area contributed by atoms with Crippen molar-refractivity contribution in [1.29, 1.82) is 0 Å². The number of sulfonamides is 1. The Morgan fingerprint density at radius 1 is 1.11 bits per heavy atom. The van der Waals surface area contributed by atoms with Crippen LogP contribution in [0.5, 0.6) is 0 Å². The van der Waals surface area contributed by atoms with E-state index in [-0.39, 0.29) is 22.1 Å². The van der Waals surface area contributed by atoms with Crippen molar-refractivity contribution in [3.8, 4) is 0 Å². The molecule has 0 aliphatic rings. The fourth-order valence-corrected chi connectivity index (χ4v) is 3.45. The summed E-state index contributed by atoms with van der Waals surface area (Å²) >= 11 is 0. The lowest BCUT2D eigenvalue weighted by molar-refractivity contribution is -0.137. The van der Waals surface area contributed by atoms with Crippen LogP contribution in [0.15, 0.2) is 47.4 Å². The zero-order valence-electron chi connectivity index (χ0n) is 15.6. The Bertz CT molecular complexity index is 971. The summed E-state index contributed by atoms with van der Waals surface area (Å²) in [6.45, 7) is 5.94. The average molecular weight is 414 g/mol. The van der Waals surface area contributed by atoms with E-state index in [1.165, 1.54) is 24.3 Å². The zero-order valence-corrected chi connectivity index (χ0v) is 16.4. The summed E-state index contributed by atoms with van der Waals surface area (Å²) in [6.07, 6.45) is -4.59. The van der Waals surface area contributed by atoms with Crippen molar-refractivity contribution in [2.24, 2.45) is 5.92 Å². The van der Waals surface area contributed by atoms with Crippen LogP contribution in [0.4, 0.5) is 18.9 Å². The minimum absolute atomic E-state index is 0.188. The Morgan fingerprint density at radius 3 is 2.39 bits per heavy atom. The summed E-state index contributed by atoms with van der Waals surface area (Å²) in [7, 11) is -4.18. The summed E-state index contributed by atoms with van der Waals surface area (Å²) in [4.78, 5) is 12.1. The van der Waals surface area contributed by atoms with Crippen molar-refractivity contribution < 1.29 is 26.4 Å². The highest BCUT2D eigenvalue weighted by atomic mass is 32.2. The minimum atomic E-state index is -4.59. The Morgan fingerprint density at radius 2 is 1.79 bits per heavy atom. The summed E-state index contributed by atoms with van der Waals surface area (Å²) in [6, 6.07) is 7.87. The van der Waals surface area contributed by atoms with Crippen LogP contribution in [0.1, 0.15) is 35.3 Å². The van der Waals surface area contributed by atoms with Crippen LogP contribution < -0.4 is 10.0 Å². The first-order chi connectivity index (χ1) is 12.9. The molecule has 0 fully saturated rings. The van der Waals surface area contributed by atoms with Gasteiger partial charge in [0, 0.05) is 17.8 Å². The predicted octanol–water partition coefficient (Wildman–Crippen LogP) is 4.20. The largest absolute Gasteiger partial charge is 0.416 e. The summed E-state index contributed by atoms with van der Waals surface area (Å²) in [5.41, 5.74) is -0.418. The molecule has 5 nitrogen and oxygen atoms in total. The van der Waals surface area contributed by atoms with E-state index in [1.807, 2.05) is 13.8 Å². The van der Waals surface area contributed by atoms with Crippen molar-refractivity contribution in [1.82, 2.24) is 5.32 Å². The van der Waals surface area contributed by atoms with Gasteiger partial charge in [-0.05, 0) is 48.7 Å². The Labute approximate surface area is 162 Å². The van der Waals surface area contributed by atoms with E-state index in [9.17, 15) is 26.4 Å². The number of carbonyl (C=O) groups excluding carboxylic acids is 1. The average Bonchev–Trinajstić information content (AvgIpc) is 2.59. The molecule has 0 saturated carbocycles. The van der Waals surface area contributed by atoms with Gasteiger partial charge in [-0.2, -0.15) is 13.2 Å². The molecule has 2 rings (SSSR count). The van der Waals surface area contributed by atoms with Gasteiger partial charge >= 0.3 is 6.18 Å². The summed E-state index contributed by atoms with van der Waals surface area (Å²) in [5, 5.41) is 2.71. The molecule has 28 heavy (non-hydrogen) atoms. The van der Waals surface area contributed by atoms with Crippen molar-refractivity contribution in [3.05, 3.63) is 59.2 Å². The number of rotatable bonds is 6. The van der Waals surface area contributed by atoms with Gasteiger partial charge in [0.05, 0.1) is 10.5 Å². The van der Waals surface area contributed by atoms with E-state index in [2.05, 4.69) is 10.0 Å². The van der Waals surface area contributed by atoms with Crippen LogP contribution in [-0.4, -0.2) is 20.9 Å². The van der Waals surface area contributed by atoms with Gasteiger partial charge in [0.25, 0.3) is 15.9 Å². The number of alkyl halides is 3. The smallest absolute Gasteiger partial charge is 0.352 e. The first-order valence-electron chi connectivity index (χ1n) is 8.49. The maximum atomic E-state index is 12.8. The maximum Gasteiger partial charge on any atom is 0.416 e. The molecule has 0 unspecified atom stereocenters. The molecule has 2 N–H and O–H groups in total. The number of hydrogen-bond donors (Lipinski definition) is 2. The molecule has 152 valence electrons. The monoisotopic (exact) mass is 414 g/mol. The maximum absolute atomic E-state index is 12.8. The van der Waals surface area contributed by atoms with E-state index in [1.54, 1.807) is 6.92 Å². The predicted molar refractivity (Wildman–Crippen MR) is 101 cm³/mol. The van der Waals surface area contributed by atoms with Crippen molar-refractivity contribution >= 4 is 21.6 Å². The number of aryl methyl sites for hydroxylation is 1. The molecule has 9 heteroatoms. The molecule has 0 heterocycles. The molecule has 0 saturated heterocycles. The van der Waals surface area contributed by atoms with E-state index < -0.39 is 27.7 Å². The van der Waals surface area contributed by atoms with Gasteiger partial charge in [0.15, 0.2) is 0 Å². The third-order valence-corrected chi connectivity index (χ3v) is 5.26. The highest BCUT2D eigenvalue weighted by molar-refractivity contribution is 7.92. The second-order valence-electron chi connectivity index (χ2n) is 6.76. The first-order valence-corrected chi connectivity index (χ1v) is 9.97. The normalized spacial score (nSPS) is 12.1. The summed E-state index contributed by atoms with van der Waals surface area (Å²) < 4.78 is 65.8. The second kappa shape index (κ2) is 8.22. The van der Waals surface area contributed by atoms with Crippen molar-refractivity contribution in [3.63, 3.8) is 0 Å². The molecule has 2 aromatic carbocycles. The number of benzene rings is 2. The topological polar surface area (TPSA) is 75.3 Å². The molecule has 2 aromatic rings. The number of halogens is 3. The molecule has 0 aliphatic heterocycles. The Kier molecular flexibility index (Phi) is 6.38. The van der Waals surface area contributed by atoms with Crippen LogP contribution in [0.2, 0.25) is 0 Å². The van der Waals surface area contributed by atoms with Crippen LogP contribution in [0.25, 0.3) is 0 Å². The number of carbonyl (C=O) groups is 1. The van der Waals surface area contributed by atoms with Crippen molar-refractivity contribution in [2.75, 3.05) is 11.3 Å². The molecular weight excluding hydrogens is 393 g/mol. The van der Waals surface area contributed by atoms with Gasteiger partial charge in [-0.15, -0.1) is 0 Å². The zero-order chi connectivity index (χ0) is 21.1. The Balaban J connectivity index is 2.31. The standard InChI is InChI=1S/C19H21F3N2O3S/c1-12(2)11-23-18(25)17-10-16(8-7-13(17)3)28(26,27)24-15-6-4-5-14(9-15)19(20,21)22/h4-10,12,24H,11H2,1-3H3,(H,23,25). The van der Waals surface area contributed by atoms with E-state index in [0.29, 0.717) is 18.2 Å². The lowest BCUT2D eigenvalue weighted by atomic mass is 10.1. The van der Waals surface area contributed by atoms with Crippen LogP contribution in [-0.2, 0) is 16.2 Å². The number of anilines is 1. The third kappa shape index (κ3) is 5.48. The molecule has 1 amide bonds.